The topological polar surface area (TPSA) is 85.5 Å². The van der Waals surface area contributed by atoms with Crippen molar-refractivity contribution in [3.8, 4) is 11.3 Å². The number of nitrogens with two attached hydrogens (primary N) is 1. The number of amides is 2. The van der Waals surface area contributed by atoms with Gasteiger partial charge in [-0.25, -0.2) is 23.5 Å². The lowest BCUT2D eigenvalue weighted by Crippen LogP contribution is -2.33. The molecule has 30 heavy (non-hydrogen) atoms. The van der Waals surface area contributed by atoms with Crippen molar-refractivity contribution >= 4 is 35.1 Å². The average Bonchev–Trinajstić information content (AvgIpc) is 2.69. The van der Waals surface area contributed by atoms with Gasteiger partial charge in [0.15, 0.2) is 0 Å². The summed E-state index contributed by atoms with van der Waals surface area (Å²) < 4.78 is 33.6. The maximum Gasteiger partial charge on any atom is 0.325 e. The lowest BCUT2D eigenvalue weighted by atomic mass is 10.0. The molecule has 1 heterocycles. The Balaban J connectivity index is 2.12. The Kier molecular flexibility index (Phi) is 6.27. The minimum Gasteiger partial charge on any atom is -0.461 e. The number of aromatic nitrogens is 1. The third kappa shape index (κ3) is 4.38. The van der Waals surface area contributed by atoms with Gasteiger partial charge < -0.3 is 10.5 Å². The molecule has 0 aliphatic heterocycles. The summed E-state index contributed by atoms with van der Waals surface area (Å²) in [7, 11) is 0. The van der Waals surface area contributed by atoms with Gasteiger partial charge in [-0.05, 0) is 30.3 Å². The number of halogens is 3. The fourth-order valence-corrected chi connectivity index (χ4v) is 3.09. The Labute approximate surface area is 175 Å². The normalized spacial score (nSPS) is 10.5. The molecule has 154 valence electrons. The van der Waals surface area contributed by atoms with Crippen LogP contribution in [0, 0.1) is 11.6 Å². The van der Waals surface area contributed by atoms with Gasteiger partial charge in [0, 0.05) is 23.1 Å². The number of pyridine rings is 1. The van der Waals surface area contributed by atoms with Crippen molar-refractivity contribution in [3.05, 3.63) is 76.8 Å². The molecule has 0 fully saturated rings. The van der Waals surface area contributed by atoms with Crippen molar-refractivity contribution in [3.63, 3.8) is 0 Å². The minimum atomic E-state index is -1.12. The Hall–Kier alpha value is -3.52. The van der Waals surface area contributed by atoms with Crippen LogP contribution in [0.1, 0.15) is 12.5 Å². The molecule has 1 aromatic heterocycles. The molecule has 3 rings (SSSR count). The van der Waals surface area contributed by atoms with E-state index in [2.05, 4.69) is 4.98 Å². The van der Waals surface area contributed by atoms with Gasteiger partial charge in [0.05, 0.1) is 5.69 Å². The monoisotopic (exact) mass is 431 g/mol. The first-order valence-electron chi connectivity index (χ1n) is 8.71. The van der Waals surface area contributed by atoms with E-state index < -0.39 is 29.3 Å². The van der Waals surface area contributed by atoms with Crippen LogP contribution in [-0.2, 0) is 16.1 Å². The molecule has 0 radical (unpaired) electrons. The molecule has 2 N–H and O–H groups in total. The number of carbonyl (C=O) groups excluding carboxylic acids is 2. The van der Waals surface area contributed by atoms with Crippen molar-refractivity contribution in [1.82, 2.24) is 4.98 Å². The highest BCUT2D eigenvalue weighted by molar-refractivity contribution is 6.31. The summed E-state index contributed by atoms with van der Waals surface area (Å²) in [5.74, 6) is -2.53. The second-order valence-corrected chi connectivity index (χ2v) is 6.58. The van der Waals surface area contributed by atoms with Crippen LogP contribution in [0.3, 0.4) is 0 Å². The number of carbonyl (C=O) groups is 2. The van der Waals surface area contributed by atoms with Crippen LogP contribution >= 0.6 is 11.6 Å². The number of para-hydroxylation sites is 1. The fourth-order valence-electron chi connectivity index (χ4n) is 2.86. The van der Waals surface area contributed by atoms with Crippen LogP contribution < -0.4 is 10.6 Å². The van der Waals surface area contributed by atoms with Gasteiger partial charge in [-0.15, -0.1) is 0 Å². The fraction of sp³-hybridized carbons (Fsp3) is 0.0952. The zero-order valence-electron chi connectivity index (χ0n) is 15.7. The van der Waals surface area contributed by atoms with E-state index in [1.165, 1.54) is 19.1 Å². The number of hydrogen-bond acceptors (Lipinski definition) is 4. The highest BCUT2D eigenvalue weighted by Crippen LogP contribution is 2.33. The van der Waals surface area contributed by atoms with Gasteiger partial charge >= 0.3 is 12.0 Å². The summed E-state index contributed by atoms with van der Waals surface area (Å²) in [6.07, 6.45) is 0. The summed E-state index contributed by atoms with van der Waals surface area (Å²) in [4.78, 5) is 28.2. The molecular formula is C21H16ClF2N3O3. The van der Waals surface area contributed by atoms with E-state index in [1.807, 2.05) is 0 Å². The van der Waals surface area contributed by atoms with E-state index in [9.17, 15) is 18.4 Å². The van der Waals surface area contributed by atoms with Gasteiger partial charge in [-0.2, -0.15) is 0 Å². The molecule has 0 bridgehead atoms. The molecular weight excluding hydrogens is 416 g/mol. The van der Waals surface area contributed by atoms with E-state index in [-0.39, 0.29) is 12.4 Å². The number of nitrogens with zero attached hydrogens (tertiary/aromatic N) is 2. The predicted octanol–water partition coefficient (Wildman–Crippen LogP) is 4.96. The summed E-state index contributed by atoms with van der Waals surface area (Å²) in [6, 6.07) is 11.6. The number of rotatable bonds is 5. The van der Waals surface area contributed by atoms with Crippen molar-refractivity contribution in [2.24, 2.45) is 5.73 Å². The van der Waals surface area contributed by atoms with Crippen LogP contribution in [0.25, 0.3) is 11.3 Å². The summed E-state index contributed by atoms with van der Waals surface area (Å²) in [5, 5.41) is 0.341. The minimum absolute atomic E-state index is 0.0950. The van der Waals surface area contributed by atoms with Gasteiger partial charge in [0.1, 0.15) is 29.7 Å². The van der Waals surface area contributed by atoms with Crippen LogP contribution in [-0.4, -0.2) is 17.0 Å². The lowest BCUT2D eigenvalue weighted by molar-refractivity contribution is -0.142. The number of ether oxygens (including phenoxy) is 1. The van der Waals surface area contributed by atoms with Crippen molar-refractivity contribution in [2.75, 3.05) is 4.90 Å². The Morgan fingerprint density at radius 1 is 1.07 bits per heavy atom. The Bertz CT molecular complexity index is 1100. The van der Waals surface area contributed by atoms with Crippen molar-refractivity contribution in [1.29, 1.82) is 0 Å². The maximum atomic E-state index is 14.3. The van der Waals surface area contributed by atoms with Gasteiger partial charge in [-0.1, -0.05) is 35.9 Å². The standard InChI is InChI=1S/C21H16ClF2N3O3/c1-12(28)30-11-14-13(5-2-6-15(14)22)18-9-4-10-19(26-18)27(21(25)29)20-16(23)7-3-8-17(20)24/h2-10H,11H2,1H3,(H2,25,29). The lowest BCUT2D eigenvalue weighted by Gasteiger charge is -2.21. The molecule has 0 unspecified atom stereocenters. The molecule has 0 atom stereocenters. The smallest absolute Gasteiger partial charge is 0.325 e. The second-order valence-electron chi connectivity index (χ2n) is 6.17. The first-order chi connectivity index (χ1) is 14.3. The van der Waals surface area contributed by atoms with Crippen molar-refractivity contribution in [2.45, 2.75) is 13.5 Å². The summed E-state index contributed by atoms with van der Waals surface area (Å²) in [6.45, 7) is 1.17. The van der Waals surface area contributed by atoms with E-state index in [0.29, 0.717) is 26.7 Å². The number of esters is 1. The molecule has 0 spiro atoms. The van der Waals surface area contributed by atoms with Gasteiger partial charge in [-0.3, -0.25) is 4.79 Å². The predicted molar refractivity (Wildman–Crippen MR) is 108 cm³/mol. The number of primary amides is 1. The molecule has 6 nitrogen and oxygen atoms in total. The zero-order chi connectivity index (χ0) is 21.8. The number of urea groups is 1. The summed E-state index contributed by atoms with van der Waals surface area (Å²) >= 11 is 6.25. The van der Waals surface area contributed by atoms with E-state index in [0.717, 1.165) is 12.1 Å². The molecule has 0 aliphatic rings. The van der Waals surface area contributed by atoms with E-state index >= 15 is 0 Å². The second kappa shape index (κ2) is 8.87. The van der Waals surface area contributed by atoms with Crippen molar-refractivity contribution < 1.29 is 23.1 Å². The third-order valence-corrected chi connectivity index (χ3v) is 4.51. The van der Waals surface area contributed by atoms with Crippen LogP contribution in [0.15, 0.2) is 54.6 Å². The maximum absolute atomic E-state index is 14.3. The molecule has 0 saturated carbocycles. The largest absolute Gasteiger partial charge is 0.461 e. The SMILES string of the molecule is CC(=O)OCc1c(Cl)cccc1-c1cccc(N(C(N)=O)c2c(F)cccc2F)n1. The van der Waals surface area contributed by atoms with Crippen LogP contribution in [0.2, 0.25) is 5.02 Å². The van der Waals surface area contributed by atoms with E-state index in [1.54, 1.807) is 30.3 Å². The Morgan fingerprint density at radius 2 is 1.70 bits per heavy atom. The molecule has 9 heteroatoms. The number of hydrogen-bond donors (Lipinski definition) is 1. The van der Waals surface area contributed by atoms with Gasteiger partial charge in [0.25, 0.3) is 0 Å². The average molecular weight is 432 g/mol. The molecule has 0 saturated heterocycles. The zero-order valence-corrected chi connectivity index (χ0v) is 16.5. The van der Waals surface area contributed by atoms with Gasteiger partial charge in [0.2, 0.25) is 0 Å². The molecule has 2 aromatic carbocycles. The number of anilines is 2. The highest BCUT2D eigenvalue weighted by Gasteiger charge is 2.24. The van der Waals surface area contributed by atoms with Crippen LogP contribution in [0.5, 0.6) is 0 Å². The van der Waals surface area contributed by atoms with E-state index in [4.69, 9.17) is 22.1 Å². The Morgan fingerprint density at radius 3 is 2.33 bits per heavy atom. The quantitative estimate of drug-likeness (QED) is 0.578. The highest BCUT2D eigenvalue weighted by atomic mass is 35.5. The third-order valence-electron chi connectivity index (χ3n) is 4.16. The molecule has 3 aromatic rings. The first kappa shape index (κ1) is 21.2. The molecule has 0 aliphatic carbocycles. The number of benzene rings is 2. The first-order valence-corrected chi connectivity index (χ1v) is 9.09. The molecule has 2 amide bonds. The summed E-state index contributed by atoms with van der Waals surface area (Å²) in [5.41, 5.74) is 6.10. The van der Waals surface area contributed by atoms with Crippen LogP contribution in [0.4, 0.5) is 25.1 Å².